The minimum Gasteiger partial charge on any atom is -0.384 e. The van der Waals surface area contributed by atoms with Crippen molar-refractivity contribution in [2.45, 2.75) is 13.3 Å². The quantitative estimate of drug-likeness (QED) is 0.743. The largest absolute Gasteiger partial charge is 0.384 e. The van der Waals surface area contributed by atoms with Crippen molar-refractivity contribution in [3.63, 3.8) is 0 Å². The molecule has 0 fully saturated rings. The molecule has 2 N–H and O–H groups in total. The van der Waals surface area contributed by atoms with Gasteiger partial charge in [0.05, 0.1) is 0 Å². The third-order valence-electron chi connectivity index (χ3n) is 2.98. The van der Waals surface area contributed by atoms with E-state index in [4.69, 9.17) is 0 Å². The van der Waals surface area contributed by atoms with Crippen molar-refractivity contribution < 1.29 is 0 Å². The Kier molecular flexibility index (Phi) is 2.73. The zero-order chi connectivity index (χ0) is 9.97. The summed E-state index contributed by atoms with van der Waals surface area (Å²) >= 11 is 0. The molecule has 1 atom stereocenters. The molecule has 76 valence electrons. The van der Waals surface area contributed by atoms with Gasteiger partial charge in [-0.2, -0.15) is 0 Å². The van der Waals surface area contributed by atoms with Crippen molar-refractivity contribution in [3.8, 4) is 0 Å². The molecular weight excluding hydrogens is 172 g/mol. The summed E-state index contributed by atoms with van der Waals surface area (Å²) in [7, 11) is 2.02. The Balaban J connectivity index is 2.20. The molecule has 2 heteroatoms. The monoisotopic (exact) mass is 190 g/mol. The van der Waals surface area contributed by atoms with Gasteiger partial charge in [0, 0.05) is 12.2 Å². The van der Waals surface area contributed by atoms with E-state index < -0.39 is 0 Å². The van der Waals surface area contributed by atoms with Gasteiger partial charge in [-0.3, -0.25) is 0 Å². The lowest BCUT2D eigenvalue weighted by molar-refractivity contribution is 0.507. The maximum absolute atomic E-state index is 3.50. The number of nitrogens with one attached hydrogen (secondary N) is 2. The van der Waals surface area contributed by atoms with Crippen molar-refractivity contribution in [2.75, 3.05) is 25.5 Å². The van der Waals surface area contributed by atoms with Gasteiger partial charge in [0.2, 0.25) is 0 Å². The van der Waals surface area contributed by atoms with Gasteiger partial charge in [0.25, 0.3) is 0 Å². The summed E-state index contributed by atoms with van der Waals surface area (Å²) in [5, 5.41) is 6.75. The van der Waals surface area contributed by atoms with E-state index >= 15 is 0 Å². The standard InChI is InChI=1S/C12H18N2/c1-9-4-3-5-12-11(9)6-10(7-13-2)8-14-12/h3-5,10,13-14H,6-8H2,1-2H3. The van der Waals surface area contributed by atoms with Crippen LogP contribution in [0.15, 0.2) is 18.2 Å². The molecule has 0 aliphatic carbocycles. The van der Waals surface area contributed by atoms with Crippen LogP contribution >= 0.6 is 0 Å². The molecule has 1 aliphatic rings. The summed E-state index contributed by atoms with van der Waals surface area (Å²) in [6, 6.07) is 6.50. The van der Waals surface area contributed by atoms with Crippen LogP contribution in [0.25, 0.3) is 0 Å². The SMILES string of the molecule is CNCC1CNc2cccc(C)c2C1. The zero-order valence-electron chi connectivity index (χ0n) is 8.93. The minimum atomic E-state index is 0.730. The molecule has 0 saturated carbocycles. The number of hydrogen-bond donors (Lipinski definition) is 2. The predicted molar refractivity (Wildman–Crippen MR) is 60.8 cm³/mol. The molecule has 1 heterocycles. The second-order valence-corrected chi connectivity index (χ2v) is 4.11. The van der Waals surface area contributed by atoms with Crippen molar-refractivity contribution in [1.82, 2.24) is 5.32 Å². The summed E-state index contributed by atoms with van der Waals surface area (Å²) in [4.78, 5) is 0. The molecule has 0 saturated heterocycles. The van der Waals surface area contributed by atoms with Crippen LogP contribution in [0.4, 0.5) is 5.69 Å². The van der Waals surface area contributed by atoms with Gasteiger partial charge in [0.15, 0.2) is 0 Å². The van der Waals surface area contributed by atoms with Crippen LogP contribution in [0.2, 0.25) is 0 Å². The molecule has 14 heavy (non-hydrogen) atoms. The lowest BCUT2D eigenvalue weighted by Gasteiger charge is -2.27. The molecule has 1 aromatic rings. The molecule has 0 radical (unpaired) electrons. The molecule has 0 spiro atoms. The van der Waals surface area contributed by atoms with Crippen LogP contribution < -0.4 is 10.6 Å². The smallest absolute Gasteiger partial charge is 0.0375 e. The van der Waals surface area contributed by atoms with E-state index in [0.717, 1.165) is 19.0 Å². The summed E-state index contributed by atoms with van der Waals surface area (Å²) in [6.07, 6.45) is 1.20. The Labute approximate surface area is 85.7 Å². The molecule has 2 rings (SSSR count). The highest BCUT2D eigenvalue weighted by Crippen LogP contribution is 2.26. The van der Waals surface area contributed by atoms with E-state index in [1.807, 2.05) is 7.05 Å². The van der Waals surface area contributed by atoms with E-state index in [9.17, 15) is 0 Å². The van der Waals surface area contributed by atoms with Gasteiger partial charge in [0.1, 0.15) is 0 Å². The van der Waals surface area contributed by atoms with Gasteiger partial charge in [-0.25, -0.2) is 0 Å². The van der Waals surface area contributed by atoms with Gasteiger partial charge in [-0.15, -0.1) is 0 Å². The molecule has 1 aliphatic heterocycles. The van der Waals surface area contributed by atoms with Crippen LogP contribution in [-0.4, -0.2) is 20.1 Å². The first-order valence-corrected chi connectivity index (χ1v) is 5.28. The van der Waals surface area contributed by atoms with Crippen LogP contribution in [0.1, 0.15) is 11.1 Å². The first-order valence-electron chi connectivity index (χ1n) is 5.28. The van der Waals surface area contributed by atoms with Crippen molar-refractivity contribution >= 4 is 5.69 Å². The topological polar surface area (TPSA) is 24.1 Å². The Hall–Kier alpha value is -1.02. The van der Waals surface area contributed by atoms with Gasteiger partial charge in [-0.05, 0) is 50.0 Å². The second-order valence-electron chi connectivity index (χ2n) is 4.11. The van der Waals surface area contributed by atoms with E-state index in [1.54, 1.807) is 0 Å². The zero-order valence-corrected chi connectivity index (χ0v) is 8.93. The van der Waals surface area contributed by atoms with Gasteiger partial charge < -0.3 is 10.6 Å². The Morgan fingerprint density at radius 2 is 2.36 bits per heavy atom. The van der Waals surface area contributed by atoms with E-state index in [-0.39, 0.29) is 0 Å². The van der Waals surface area contributed by atoms with Crippen molar-refractivity contribution in [1.29, 1.82) is 0 Å². The summed E-state index contributed by atoms with van der Waals surface area (Å²) < 4.78 is 0. The van der Waals surface area contributed by atoms with Crippen LogP contribution in [0.3, 0.4) is 0 Å². The maximum atomic E-state index is 3.50. The number of anilines is 1. The third-order valence-corrected chi connectivity index (χ3v) is 2.98. The molecule has 0 amide bonds. The number of aryl methyl sites for hydroxylation is 1. The van der Waals surface area contributed by atoms with Gasteiger partial charge in [-0.1, -0.05) is 12.1 Å². The lowest BCUT2D eigenvalue weighted by atomic mass is 9.91. The third kappa shape index (κ3) is 1.75. The highest BCUT2D eigenvalue weighted by Gasteiger charge is 2.18. The molecule has 0 bridgehead atoms. The fraction of sp³-hybridized carbons (Fsp3) is 0.500. The average molecular weight is 190 g/mol. The van der Waals surface area contributed by atoms with Gasteiger partial charge >= 0.3 is 0 Å². The summed E-state index contributed by atoms with van der Waals surface area (Å²) in [5.41, 5.74) is 4.24. The van der Waals surface area contributed by atoms with Crippen molar-refractivity contribution in [3.05, 3.63) is 29.3 Å². The first kappa shape index (κ1) is 9.53. The fourth-order valence-corrected chi connectivity index (χ4v) is 2.19. The number of hydrogen-bond acceptors (Lipinski definition) is 2. The van der Waals surface area contributed by atoms with E-state index in [1.165, 1.54) is 23.2 Å². The highest BCUT2D eigenvalue weighted by atomic mass is 14.9. The lowest BCUT2D eigenvalue weighted by Crippen LogP contribution is -2.31. The van der Waals surface area contributed by atoms with Crippen LogP contribution in [-0.2, 0) is 6.42 Å². The highest BCUT2D eigenvalue weighted by molar-refractivity contribution is 5.56. The molecule has 1 unspecified atom stereocenters. The molecule has 1 aromatic carbocycles. The van der Waals surface area contributed by atoms with Crippen LogP contribution in [0, 0.1) is 12.8 Å². The Morgan fingerprint density at radius 1 is 1.50 bits per heavy atom. The Bertz CT molecular complexity index is 320. The molecule has 2 nitrogen and oxygen atoms in total. The van der Waals surface area contributed by atoms with E-state index in [2.05, 4.69) is 35.8 Å². The minimum absolute atomic E-state index is 0.730. The Morgan fingerprint density at radius 3 is 3.14 bits per heavy atom. The fourth-order valence-electron chi connectivity index (χ4n) is 2.19. The summed E-state index contributed by atoms with van der Waals surface area (Å²) in [6.45, 7) is 4.39. The number of fused-ring (bicyclic) bond motifs is 1. The van der Waals surface area contributed by atoms with E-state index in [0.29, 0.717) is 0 Å². The molecule has 0 aromatic heterocycles. The van der Waals surface area contributed by atoms with Crippen LogP contribution in [0.5, 0.6) is 0 Å². The maximum Gasteiger partial charge on any atom is 0.0375 e. The van der Waals surface area contributed by atoms with Crippen molar-refractivity contribution in [2.24, 2.45) is 5.92 Å². The molecular formula is C12H18N2. The second kappa shape index (κ2) is 4.01. The predicted octanol–water partition coefficient (Wildman–Crippen LogP) is 1.80. The summed E-state index contributed by atoms with van der Waals surface area (Å²) in [5.74, 6) is 0.730. The average Bonchev–Trinajstić information content (AvgIpc) is 2.20. The normalized spacial score (nSPS) is 20.0. The number of rotatable bonds is 2. The number of benzene rings is 1. The first-order chi connectivity index (χ1) is 6.81.